The van der Waals surface area contributed by atoms with Gasteiger partial charge in [-0.25, -0.2) is 4.98 Å². The number of aromatic amines is 1. The van der Waals surface area contributed by atoms with E-state index in [0.29, 0.717) is 32.1 Å². The minimum absolute atomic E-state index is 0.0831. The second-order valence-electron chi connectivity index (χ2n) is 7.18. The van der Waals surface area contributed by atoms with Crippen molar-refractivity contribution in [1.82, 2.24) is 19.9 Å². The molecule has 4 rings (SSSR count). The van der Waals surface area contributed by atoms with E-state index in [0.717, 1.165) is 46.8 Å². The van der Waals surface area contributed by atoms with Crippen molar-refractivity contribution in [2.24, 2.45) is 0 Å². The van der Waals surface area contributed by atoms with Crippen LogP contribution >= 0.6 is 0 Å². The van der Waals surface area contributed by atoms with Gasteiger partial charge in [0.25, 0.3) is 5.56 Å². The van der Waals surface area contributed by atoms with Crippen LogP contribution in [0.15, 0.2) is 47.5 Å². The minimum Gasteiger partial charge on any atom is -0.494 e. The molecule has 0 amide bonds. The van der Waals surface area contributed by atoms with Gasteiger partial charge in [0.15, 0.2) is 0 Å². The van der Waals surface area contributed by atoms with Crippen LogP contribution in [0.3, 0.4) is 0 Å². The summed E-state index contributed by atoms with van der Waals surface area (Å²) in [5.41, 5.74) is 3.42. The molecule has 1 aliphatic rings. The number of aromatic nitrogens is 3. The number of rotatable bonds is 7. The lowest BCUT2D eigenvalue weighted by Crippen LogP contribution is -2.35. The summed E-state index contributed by atoms with van der Waals surface area (Å²) in [5, 5.41) is 0. The first-order valence-electron chi connectivity index (χ1n) is 10.3. The highest BCUT2D eigenvalue weighted by Gasteiger charge is 2.22. The van der Waals surface area contributed by atoms with Crippen LogP contribution in [0.4, 0.5) is 0 Å². The van der Waals surface area contributed by atoms with Gasteiger partial charge >= 0.3 is 0 Å². The fourth-order valence-corrected chi connectivity index (χ4v) is 3.71. The van der Waals surface area contributed by atoms with E-state index >= 15 is 0 Å². The quantitative estimate of drug-likeness (QED) is 0.649. The number of ether oxygens (including phenoxy) is 2. The normalized spacial score (nSPS) is 13.7. The van der Waals surface area contributed by atoms with Gasteiger partial charge in [-0.3, -0.25) is 14.7 Å². The molecular weight excluding hydrogens is 380 g/mol. The van der Waals surface area contributed by atoms with Crippen molar-refractivity contribution in [1.29, 1.82) is 0 Å². The summed E-state index contributed by atoms with van der Waals surface area (Å²) in [6, 6.07) is 9.68. The molecule has 3 aromatic rings. The Labute approximate surface area is 175 Å². The molecule has 1 aliphatic heterocycles. The third kappa shape index (κ3) is 4.36. The lowest BCUT2D eigenvalue weighted by molar-refractivity contribution is 0.235. The fraction of sp³-hybridized carbons (Fsp3) is 0.348. The monoisotopic (exact) mass is 406 g/mol. The maximum absolute atomic E-state index is 12.8. The summed E-state index contributed by atoms with van der Waals surface area (Å²) in [6.07, 6.45) is 4.14. The molecule has 0 atom stereocenters. The summed E-state index contributed by atoms with van der Waals surface area (Å²) < 4.78 is 11.4. The van der Waals surface area contributed by atoms with Crippen molar-refractivity contribution in [3.05, 3.63) is 69.9 Å². The second kappa shape index (κ2) is 9.09. The molecule has 7 nitrogen and oxygen atoms in total. The molecule has 0 saturated carbocycles. The number of nitrogens with zero attached hydrogens (tertiary/aromatic N) is 3. The molecule has 0 unspecified atom stereocenters. The average molecular weight is 406 g/mol. The molecule has 1 aromatic carbocycles. The van der Waals surface area contributed by atoms with Crippen LogP contribution in [0, 0.1) is 0 Å². The van der Waals surface area contributed by atoms with Crippen LogP contribution in [-0.4, -0.2) is 39.6 Å². The smallest absolute Gasteiger partial charge is 0.255 e. The van der Waals surface area contributed by atoms with Gasteiger partial charge in [-0.1, -0.05) is 6.07 Å². The predicted octanol–water partition coefficient (Wildman–Crippen LogP) is 3.19. The topological polar surface area (TPSA) is 80.3 Å². The molecule has 0 bridgehead atoms. The maximum atomic E-state index is 12.8. The van der Waals surface area contributed by atoms with E-state index in [1.807, 2.05) is 44.2 Å². The lowest BCUT2D eigenvalue weighted by Gasteiger charge is -2.28. The molecule has 30 heavy (non-hydrogen) atoms. The maximum Gasteiger partial charge on any atom is 0.255 e. The van der Waals surface area contributed by atoms with Crippen LogP contribution in [0.1, 0.15) is 30.7 Å². The number of benzene rings is 1. The zero-order valence-electron chi connectivity index (χ0n) is 17.4. The van der Waals surface area contributed by atoms with Gasteiger partial charge in [0.2, 0.25) is 0 Å². The first-order chi connectivity index (χ1) is 14.7. The molecular formula is C23H26N4O3. The van der Waals surface area contributed by atoms with Crippen LogP contribution in [-0.2, 0) is 19.5 Å². The van der Waals surface area contributed by atoms with E-state index in [2.05, 4.69) is 14.9 Å². The Morgan fingerprint density at radius 2 is 2.03 bits per heavy atom. The van der Waals surface area contributed by atoms with E-state index < -0.39 is 0 Å². The Morgan fingerprint density at radius 3 is 2.80 bits per heavy atom. The second-order valence-corrected chi connectivity index (χ2v) is 7.18. The van der Waals surface area contributed by atoms with Gasteiger partial charge in [0.05, 0.1) is 24.5 Å². The number of hydrogen-bond acceptors (Lipinski definition) is 6. The standard InChI is InChI=1S/C23H26N4O3/c1-3-29-18-8-7-17(21(12-18)30-4-2)14-27-11-9-20-19(15-27)23(28)26-22(25-20)16-6-5-10-24-13-16/h5-8,10,12-13H,3-4,9,11,14-15H2,1-2H3,(H,25,26,28). The van der Waals surface area contributed by atoms with Crippen LogP contribution in [0.5, 0.6) is 11.5 Å². The van der Waals surface area contributed by atoms with E-state index in [-0.39, 0.29) is 5.56 Å². The number of fused-ring (bicyclic) bond motifs is 1. The molecule has 2 aromatic heterocycles. The molecule has 3 heterocycles. The van der Waals surface area contributed by atoms with Crippen molar-refractivity contribution in [2.45, 2.75) is 33.4 Å². The lowest BCUT2D eigenvalue weighted by atomic mass is 10.1. The van der Waals surface area contributed by atoms with Gasteiger partial charge in [-0.05, 0) is 32.0 Å². The van der Waals surface area contributed by atoms with Crippen LogP contribution in [0.2, 0.25) is 0 Å². The van der Waals surface area contributed by atoms with E-state index in [1.54, 1.807) is 12.4 Å². The molecule has 0 aliphatic carbocycles. The Morgan fingerprint density at radius 1 is 1.17 bits per heavy atom. The summed E-state index contributed by atoms with van der Waals surface area (Å²) in [5.74, 6) is 2.20. The number of pyridine rings is 1. The highest BCUT2D eigenvalue weighted by atomic mass is 16.5. The highest BCUT2D eigenvalue weighted by molar-refractivity contribution is 5.53. The average Bonchev–Trinajstić information content (AvgIpc) is 2.77. The Kier molecular flexibility index (Phi) is 6.09. The van der Waals surface area contributed by atoms with Crippen molar-refractivity contribution in [2.75, 3.05) is 19.8 Å². The van der Waals surface area contributed by atoms with Crippen molar-refractivity contribution < 1.29 is 9.47 Å². The Bertz CT molecular complexity index is 1070. The molecule has 0 radical (unpaired) electrons. The summed E-state index contributed by atoms with van der Waals surface area (Å²) >= 11 is 0. The zero-order valence-corrected chi connectivity index (χ0v) is 17.4. The minimum atomic E-state index is -0.0831. The Balaban J connectivity index is 1.54. The SMILES string of the molecule is CCOc1ccc(CN2CCc3nc(-c4cccnc4)[nH]c(=O)c3C2)c(OCC)c1. The van der Waals surface area contributed by atoms with Crippen molar-refractivity contribution >= 4 is 0 Å². The van der Waals surface area contributed by atoms with Gasteiger partial charge in [-0.2, -0.15) is 0 Å². The first-order valence-corrected chi connectivity index (χ1v) is 10.3. The summed E-state index contributed by atoms with van der Waals surface area (Å²) in [4.78, 5) is 26.7. The van der Waals surface area contributed by atoms with Gasteiger partial charge in [0, 0.05) is 55.6 Å². The summed E-state index contributed by atoms with van der Waals surface area (Å²) in [6.45, 7) is 7.23. The third-order valence-corrected chi connectivity index (χ3v) is 5.13. The van der Waals surface area contributed by atoms with Gasteiger partial charge in [-0.15, -0.1) is 0 Å². The number of nitrogens with one attached hydrogen (secondary N) is 1. The number of H-pyrrole nitrogens is 1. The van der Waals surface area contributed by atoms with E-state index in [9.17, 15) is 4.79 Å². The Hall–Kier alpha value is -3.19. The van der Waals surface area contributed by atoms with Gasteiger partial charge in [0.1, 0.15) is 17.3 Å². The molecule has 0 saturated heterocycles. The van der Waals surface area contributed by atoms with Gasteiger partial charge < -0.3 is 14.5 Å². The largest absolute Gasteiger partial charge is 0.494 e. The van der Waals surface area contributed by atoms with Crippen LogP contribution in [0.25, 0.3) is 11.4 Å². The van der Waals surface area contributed by atoms with Crippen LogP contribution < -0.4 is 15.0 Å². The predicted molar refractivity (Wildman–Crippen MR) is 115 cm³/mol. The third-order valence-electron chi connectivity index (χ3n) is 5.13. The molecule has 1 N–H and O–H groups in total. The molecule has 156 valence electrons. The van der Waals surface area contributed by atoms with Crippen molar-refractivity contribution in [3.63, 3.8) is 0 Å². The first kappa shape index (κ1) is 20.1. The number of hydrogen-bond donors (Lipinski definition) is 1. The van der Waals surface area contributed by atoms with E-state index in [1.165, 1.54) is 0 Å². The fourth-order valence-electron chi connectivity index (χ4n) is 3.71. The highest BCUT2D eigenvalue weighted by Crippen LogP contribution is 2.28. The van der Waals surface area contributed by atoms with Crippen molar-refractivity contribution in [3.8, 4) is 22.9 Å². The molecule has 0 spiro atoms. The summed E-state index contributed by atoms with van der Waals surface area (Å²) in [7, 11) is 0. The molecule has 0 fully saturated rings. The molecule has 7 heteroatoms. The van der Waals surface area contributed by atoms with E-state index in [4.69, 9.17) is 14.5 Å². The zero-order chi connectivity index (χ0) is 20.9.